The number of hydrogen-bond donors (Lipinski definition) is 2. The van der Waals surface area contributed by atoms with Crippen molar-refractivity contribution < 1.29 is 14.3 Å². The Morgan fingerprint density at radius 3 is 2.23 bits per heavy atom. The number of aromatic nitrogens is 3. The van der Waals surface area contributed by atoms with Crippen LogP contribution in [0.4, 0.5) is 0 Å². The fourth-order valence-electron chi connectivity index (χ4n) is 2.51. The summed E-state index contributed by atoms with van der Waals surface area (Å²) in [7, 11) is 0. The van der Waals surface area contributed by atoms with Gasteiger partial charge in [-0.15, -0.1) is 10.2 Å². The molecule has 3 aromatic rings. The molecule has 0 aliphatic rings. The summed E-state index contributed by atoms with van der Waals surface area (Å²) < 4.78 is 7.21. The fourth-order valence-corrected chi connectivity index (χ4v) is 3.57. The molecule has 2 aromatic carbocycles. The summed E-state index contributed by atoms with van der Waals surface area (Å²) in [5, 5.41) is 10.2. The van der Waals surface area contributed by atoms with E-state index in [1.54, 1.807) is 36.4 Å². The van der Waals surface area contributed by atoms with Gasteiger partial charge in [-0.25, -0.2) is 0 Å². The molecule has 0 saturated heterocycles. The molecule has 1 aromatic heterocycles. The van der Waals surface area contributed by atoms with Gasteiger partial charge >= 0.3 is 0 Å². The van der Waals surface area contributed by atoms with E-state index in [1.165, 1.54) is 11.8 Å². The molecule has 1 heterocycles. The molecular weight excluding hydrogens is 461 g/mol. The van der Waals surface area contributed by atoms with Crippen molar-refractivity contribution in [1.82, 2.24) is 25.6 Å². The van der Waals surface area contributed by atoms with E-state index in [4.69, 9.17) is 27.9 Å². The quantitative estimate of drug-likeness (QED) is 0.378. The topological polar surface area (TPSA) is 98.1 Å². The summed E-state index contributed by atoms with van der Waals surface area (Å²) in [6.07, 6.45) is 0. The predicted octanol–water partition coefficient (Wildman–Crippen LogP) is 3.59. The average Bonchev–Trinajstić information content (AvgIpc) is 3.19. The van der Waals surface area contributed by atoms with Crippen molar-refractivity contribution in [3.63, 3.8) is 0 Å². The van der Waals surface area contributed by atoms with E-state index in [1.807, 2.05) is 23.6 Å². The third-order valence-corrected chi connectivity index (χ3v) is 5.46. The van der Waals surface area contributed by atoms with Gasteiger partial charge < -0.3 is 9.30 Å². The van der Waals surface area contributed by atoms with Crippen LogP contribution in [0.5, 0.6) is 5.75 Å². The lowest BCUT2D eigenvalue weighted by Crippen LogP contribution is -2.44. The van der Waals surface area contributed by atoms with Crippen molar-refractivity contribution in [2.24, 2.45) is 0 Å². The minimum Gasteiger partial charge on any atom is -0.484 e. The molecule has 2 amide bonds. The van der Waals surface area contributed by atoms with Crippen LogP contribution in [0.15, 0.2) is 53.7 Å². The third-order valence-electron chi connectivity index (χ3n) is 3.99. The molecule has 0 bridgehead atoms. The molecule has 8 nitrogen and oxygen atoms in total. The number of carbonyl (C=O) groups is 2. The minimum atomic E-state index is -0.491. The Morgan fingerprint density at radius 1 is 0.968 bits per heavy atom. The number of carbonyl (C=O) groups excluding carboxylic acids is 2. The lowest BCUT2D eigenvalue weighted by molar-refractivity contribution is -0.128. The molecule has 2 N–H and O–H groups in total. The highest BCUT2D eigenvalue weighted by molar-refractivity contribution is 7.99. The molecule has 31 heavy (non-hydrogen) atoms. The van der Waals surface area contributed by atoms with E-state index in [2.05, 4.69) is 21.0 Å². The van der Waals surface area contributed by atoms with Crippen LogP contribution in [0, 0.1) is 0 Å². The average molecular weight is 480 g/mol. The number of ether oxygens (including phenoxy) is 1. The van der Waals surface area contributed by atoms with Crippen LogP contribution in [0.2, 0.25) is 10.0 Å². The molecule has 0 atom stereocenters. The first-order valence-corrected chi connectivity index (χ1v) is 11.0. The van der Waals surface area contributed by atoms with Gasteiger partial charge in [-0.05, 0) is 55.5 Å². The van der Waals surface area contributed by atoms with Crippen molar-refractivity contribution in [3.05, 3.63) is 58.6 Å². The smallest absolute Gasteiger partial charge is 0.276 e. The van der Waals surface area contributed by atoms with Crippen LogP contribution in [-0.4, -0.2) is 38.9 Å². The Kier molecular flexibility index (Phi) is 8.16. The molecule has 0 spiro atoms. The minimum absolute atomic E-state index is 0.0527. The molecule has 11 heteroatoms. The third kappa shape index (κ3) is 6.61. The predicted molar refractivity (Wildman–Crippen MR) is 120 cm³/mol. The van der Waals surface area contributed by atoms with Gasteiger partial charge in [0.1, 0.15) is 5.75 Å². The highest BCUT2D eigenvalue weighted by atomic mass is 35.5. The van der Waals surface area contributed by atoms with Crippen molar-refractivity contribution in [3.8, 4) is 17.1 Å². The van der Waals surface area contributed by atoms with Crippen molar-refractivity contribution in [1.29, 1.82) is 0 Å². The van der Waals surface area contributed by atoms with Gasteiger partial charge in [-0.3, -0.25) is 20.4 Å². The van der Waals surface area contributed by atoms with Crippen LogP contribution < -0.4 is 15.6 Å². The van der Waals surface area contributed by atoms with Crippen LogP contribution in [0.25, 0.3) is 11.4 Å². The van der Waals surface area contributed by atoms with E-state index >= 15 is 0 Å². The number of nitrogens with zero attached hydrogens (tertiary/aromatic N) is 3. The number of nitrogens with one attached hydrogen (secondary N) is 2. The Hall–Kier alpha value is -2.75. The zero-order chi connectivity index (χ0) is 22.2. The molecule has 3 rings (SSSR count). The Bertz CT molecular complexity index is 1040. The summed E-state index contributed by atoms with van der Waals surface area (Å²) in [4.78, 5) is 23.9. The van der Waals surface area contributed by atoms with Gasteiger partial charge in [0.05, 0.1) is 5.75 Å². The second kappa shape index (κ2) is 11.0. The Morgan fingerprint density at radius 2 is 1.58 bits per heavy atom. The van der Waals surface area contributed by atoms with Gasteiger partial charge in [-0.1, -0.05) is 35.0 Å². The largest absolute Gasteiger partial charge is 0.484 e. The second-order valence-corrected chi connectivity index (χ2v) is 8.00. The van der Waals surface area contributed by atoms with Crippen LogP contribution >= 0.6 is 35.0 Å². The highest BCUT2D eigenvalue weighted by Crippen LogP contribution is 2.25. The first-order chi connectivity index (χ1) is 15.0. The van der Waals surface area contributed by atoms with E-state index in [0.717, 1.165) is 5.56 Å². The van der Waals surface area contributed by atoms with Gasteiger partial charge in [0.25, 0.3) is 5.91 Å². The summed E-state index contributed by atoms with van der Waals surface area (Å²) >= 11 is 12.9. The molecule has 162 valence electrons. The lowest BCUT2D eigenvalue weighted by atomic mass is 10.2. The van der Waals surface area contributed by atoms with E-state index in [0.29, 0.717) is 33.3 Å². The summed E-state index contributed by atoms with van der Waals surface area (Å²) in [6, 6.07) is 13.9. The normalized spacial score (nSPS) is 10.5. The molecule has 0 aliphatic heterocycles. The van der Waals surface area contributed by atoms with E-state index in [9.17, 15) is 9.59 Å². The molecule has 0 unspecified atom stereocenters. The van der Waals surface area contributed by atoms with Gasteiger partial charge in [0.15, 0.2) is 17.6 Å². The van der Waals surface area contributed by atoms with Crippen molar-refractivity contribution >= 4 is 46.8 Å². The number of amides is 2. The van der Waals surface area contributed by atoms with Crippen molar-refractivity contribution in [2.45, 2.75) is 18.6 Å². The molecule has 0 radical (unpaired) electrons. The van der Waals surface area contributed by atoms with Gasteiger partial charge in [0, 0.05) is 22.2 Å². The van der Waals surface area contributed by atoms with Crippen LogP contribution in [-0.2, 0) is 16.1 Å². The summed E-state index contributed by atoms with van der Waals surface area (Å²) in [5.74, 6) is 0.363. The molecular formula is C20H19Cl2N5O3S. The van der Waals surface area contributed by atoms with Crippen LogP contribution in [0.1, 0.15) is 6.92 Å². The molecule has 0 fully saturated rings. The Balaban J connectivity index is 1.46. The zero-order valence-electron chi connectivity index (χ0n) is 16.5. The summed E-state index contributed by atoms with van der Waals surface area (Å²) in [6.45, 7) is 2.35. The summed E-state index contributed by atoms with van der Waals surface area (Å²) in [5.41, 5.74) is 5.53. The molecule has 0 aliphatic carbocycles. The van der Waals surface area contributed by atoms with Crippen molar-refractivity contribution in [2.75, 3.05) is 12.4 Å². The maximum absolute atomic E-state index is 12.1. The van der Waals surface area contributed by atoms with Gasteiger partial charge in [-0.2, -0.15) is 0 Å². The molecule has 0 saturated carbocycles. The monoisotopic (exact) mass is 479 g/mol. The highest BCUT2D eigenvalue weighted by Gasteiger charge is 2.15. The number of hydrogen-bond acceptors (Lipinski definition) is 6. The first kappa shape index (κ1) is 22.9. The number of benzene rings is 2. The van der Waals surface area contributed by atoms with E-state index < -0.39 is 5.91 Å². The SMILES string of the molecule is CCn1c(SCC(=O)NNC(=O)COc2ccc(Cl)cc2)nnc1-c1ccc(Cl)cc1. The second-order valence-electron chi connectivity index (χ2n) is 6.18. The zero-order valence-corrected chi connectivity index (χ0v) is 18.8. The lowest BCUT2D eigenvalue weighted by Gasteiger charge is -2.09. The van der Waals surface area contributed by atoms with Gasteiger partial charge in [0.2, 0.25) is 5.91 Å². The number of hydrazine groups is 1. The van der Waals surface area contributed by atoms with Crippen LogP contribution in [0.3, 0.4) is 0 Å². The van der Waals surface area contributed by atoms with E-state index in [-0.39, 0.29) is 18.3 Å². The fraction of sp³-hybridized carbons (Fsp3) is 0.200. The number of halogens is 2. The number of rotatable bonds is 8. The maximum atomic E-state index is 12.1. The maximum Gasteiger partial charge on any atom is 0.276 e. The first-order valence-electron chi connectivity index (χ1n) is 9.24. The number of thioether (sulfide) groups is 1. The Labute approximate surface area is 193 Å². The standard InChI is InChI=1S/C20H19Cl2N5O3S/c1-2-27-19(13-3-5-14(21)6-4-13)25-26-20(27)31-12-18(29)24-23-17(28)11-30-16-9-7-15(22)8-10-16/h3-10H,2,11-12H2,1H3,(H,23,28)(H,24,29).